The molecule has 0 bridgehead atoms. The normalized spacial score (nSPS) is 13.7. The van der Waals surface area contributed by atoms with E-state index in [1.807, 2.05) is 32.8 Å². The molecule has 0 rings (SSSR count). The second-order valence-electron chi connectivity index (χ2n) is 4.40. The van der Waals surface area contributed by atoms with E-state index in [0.717, 1.165) is 0 Å². The maximum absolute atomic E-state index is 12.0. The molecule has 1 unspecified atom stereocenters. The van der Waals surface area contributed by atoms with Gasteiger partial charge in [-0.15, -0.1) is 0 Å². The first kappa shape index (κ1) is 14.3. The SMILES string of the molecule is CC(C)CC(CN(C)C)NC(=O)C(F)F. The van der Waals surface area contributed by atoms with E-state index in [-0.39, 0.29) is 6.04 Å². The summed E-state index contributed by atoms with van der Waals surface area (Å²) in [4.78, 5) is 12.7. The summed E-state index contributed by atoms with van der Waals surface area (Å²) >= 11 is 0. The number of amides is 1. The Kier molecular flexibility index (Phi) is 6.40. The molecule has 0 fully saturated rings. The summed E-state index contributed by atoms with van der Waals surface area (Å²) in [5, 5.41) is 2.35. The standard InChI is InChI=1S/C10H20F2N2O/c1-7(2)5-8(6-14(3)4)13-10(15)9(11)12/h7-9H,5-6H2,1-4H3,(H,13,15). The van der Waals surface area contributed by atoms with E-state index in [1.54, 1.807) is 0 Å². The molecule has 0 aromatic rings. The first-order valence-electron chi connectivity index (χ1n) is 5.06. The summed E-state index contributed by atoms with van der Waals surface area (Å²) in [5.74, 6) is -0.810. The number of nitrogens with zero attached hydrogens (tertiary/aromatic N) is 1. The molecule has 0 heterocycles. The number of likely N-dealkylation sites (N-methyl/N-ethyl adjacent to an activating group) is 1. The molecule has 0 aromatic heterocycles. The Bertz CT molecular complexity index is 186. The second-order valence-corrected chi connectivity index (χ2v) is 4.40. The number of alkyl halides is 2. The third kappa shape index (κ3) is 7.25. The van der Waals surface area contributed by atoms with Crippen LogP contribution in [0.25, 0.3) is 0 Å². The van der Waals surface area contributed by atoms with Gasteiger partial charge >= 0.3 is 6.43 Å². The Balaban J connectivity index is 4.17. The lowest BCUT2D eigenvalue weighted by Gasteiger charge is -2.23. The van der Waals surface area contributed by atoms with Gasteiger partial charge in [0.25, 0.3) is 5.91 Å². The fraction of sp³-hybridized carbons (Fsp3) is 0.900. The summed E-state index contributed by atoms with van der Waals surface area (Å²) in [7, 11) is 3.70. The zero-order valence-electron chi connectivity index (χ0n) is 9.76. The lowest BCUT2D eigenvalue weighted by atomic mass is 10.0. The largest absolute Gasteiger partial charge is 0.347 e. The number of nitrogens with one attached hydrogen (secondary N) is 1. The molecule has 1 N–H and O–H groups in total. The van der Waals surface area contributed by atoms with E-state index >= 15 is 0 Å². The van der Waals surface area contributed by atoms with E-state index in [0.29, 0.717) is 18.9 Å². The van der Waals surface area contributed by atoms with E-state index in [4.69, 9.17) is 0 Å². The van der Waals surface area contributed by atoms with Crippen LogP contribution >= 0.6 is 0 Å². The van der Waals surface area contributed by atoms with Crippen molar-refractivity contribution in [3.8, 4) is 0 Å². The smallest absolute Gasteiger partial charge is 0.315 e. The molecule has 0 aromatic carbocycles. The Hall–Kier alpha value is -0.710. The van der Waals surface area contributed by atoms with Gasteiger partial charge in [-0.1, -0.05) is 13.8 Å². The average molecular weight is 222 g/mol. The Morgan fingerprint density at radius 2 is 1.87 bits per heavy atom. The van der Waals surface area contributed by atoms with Crippen LogP contribution in [0.5, 0.6) is 0 Å². The highest BCUT2D eigenvalue weighted by atomic mass is 19.3. The molecule has 3 nitrogen and oxygen atoms in total. The summed E-state index contributed by atoms with van der Waals surface area (Å²) in [6, 6.07) is -0.207. The van der Waals surface area contributed by atoms with Gasteiger partial charge in [-0.05, 0) is 26.4 Å². The topological polar surface area (TPSA) is 32.3 Å². The van der Waals surface area contributed by atoms with Crippen molar-refractivity contribution in [2.24, 2.45) is 5.92 Å². The van der Waals surface area contributed by atoms with Crippen LogP contribution in [0.15, 0.2) is 0 Å². The first-order chi connectivity index (χ1) is 6.82. The van der Waals surface area contributed by atoms with Gasteiger partial charge in [0.1, 0.15) is 0 Å². The van der Waals surface area contributed by atoms with Crippen LogP contribution in [0, 0.1) is 5.92 Å². The maximum Gasteiger partial charge on any atom is 0.315 e. The predicted octanol–water partition coefficient (Wildman–Crippen LogP) is 1.34. The van der Waals surface area contributed by atoms with Gasteiger partial charge in [-0.25, -0.2) is 0 Å². The minimum atomic E-state index is -2.93. The van der Waals surface area contributed by atoms with Crippen molar-refractivity contribution in [1.29, 1.82) is 0 Å². The first-order valence-corrected chi connectivity index (χ1v) is 5.06. The summed E-state index contributed by atoms with van der Waals surface area (Å²) in [5.41, 5.74) is 0. The molecule has 15 heavy (non-hydrogen) atoms. The highest BCUT2D eigenvalue weighted by molar-refractivity contribution is 5.79. The predicted molar refractivity (Wildman–Crippen MR) is 55.9 cm³/mol. The van der Waals surface area contributed by atoms with Gasteiger partial charge in [-0.3, -0.25) is 4.79 Å². The van der Waals surface area contributed by atoms with E-state index in [2.05, 4.69) is 5.32 Å². The number of rotatable bonds is 6. The van der Waals surface area contributed by atoms with Crippen LogP contribution in [0.1, 0.15) is 20.3 Å². The van der Waals surface area contributed by atoms with Crippen molar-refractivity contribution < 1.29 is 13.6 Å². The van der Waals surface area contributed by atoms with Crippen LogP contribution < -0.4 is 5.32 Å². The van der Waals surface area contributed by atoms with Gasteiger partial charge in [0.05, 0.1) is 0 Å². The highest BCUT2D eigenvalue weighted by Gasteiger charge is 2.20. The number of hydrogen-bond donors (Lipinski definition) is 1. The molecular formula is C10H20F2N2O. The van der Waals surface area contributed by atoms with Gasteiger partial charge in [0, 0.05) is 12.6 Å². The van der Waals surface area contributed by atoms with Crippen LogP contribution in [-0.2, 0) is 4.79 Å². The molecule has 5 heteroatoms. The maximum atomic E-state index is 12.0. The number of hydrogen-bond acceptors (Lipinski definition) is 2. The molecule has 0 aliphatic carbocycles. The Morgan fingerprint density at radius 1 is 1.33 bits per heavy atom. The summed E-state index contributed by atoms with van der Waals surface area (Å²) in [6.45, 7) is 4.57. The van der Waals surface area contributed by atoms with Crippen LogP contribution in [0.2, 0.25) is 0 Å². The fourth-order valence-corrected chi connectivity index (χ4v) is 1.45. The molecule has 0 radical (unpaired) electrons. The van der Waals surface area contributed by atoms with Crippen molar-refractivity contribution in [1.82, 2.24) is 10.2 Å². The fourth-order valence-electron chi connectivity index (χ4n) is 1.45. The third-order valence-electron chi connectivity index (χ3n) is 1.89. The minimum Gasteiger partial charge on any atom is -0.347 e. The van der Waals surface area contributed by atoms with E-state index < -0.39 is 12.3 Å². The second kappa shape index (κ2) is 6.71. The average Bonchev–Trinajstić information content (AvgIpc) is 2.00. The molecule has 1 amide bonds. The van der Waals surface area contributed by atoms with Gasteiger partial charge in [-0.2, -0.15) is 8.78 Å². The van der Waals surface area contributed by atoms with Crippen molar-refractivity contribution in [2.45, 2.75) is 32.7 Å². The number of halogens is 2. The van der Waals surface area contributed by atoms with Crippen molar-refractivity contribution >= 4 is 5.91 Å². The molecule has 1 atom stereocenters. The summed E-state index contributed by atoms with van der Waals surface area (Å²) < 4.78 is 24.1. The summed E-state index contributed by atoms with van der Waals surface area (Å²) in [6.07, 6.45) is -2.22. The lowest BCUT2D eigenvalue weighted by molar-refractivity contribution is -0.132. The molecule has 0 aliphatic heterocycles. The van der Waals surface area contributed by atoms with Crippen molar-refractivity contribution in [3.63, 3.8) is 0 Å². The number of carbonyl (C=O) groups is 1. The molecule has 0 saturated heterocycles. The van der Waals surface area contributed by atoms with Crippen LogP contribution in [0.3, 0.4) is 0 Å². The van der Waals surface area contributed by atoms with Crippen molar-refractivity contribution in [2.75, 3.05) is 20.6 Å². The van der Waals surface area contributed by atoms with Gasteiger partial charge < -0.3 is 10.2 Å². The highest BCUT2D eigenvalue weighted by Crippen LogP contribution is 2.06. The zero-order valence-corrected chi connectivity index (χ0v) is 9.76. The molecule has 0 spiro atoms. The lowest BCUT2D eigenvalue weighted by Crippen LogP contribution is -2.44. The van der Waals surface area contributed by atoms with Crippen molar-refractivity contribution in [3.05, 3.63) is 0 Å². The third-order valence-corrected chi connectivity index (χ3v) is 1.89. The molecular weight excluding hydrogens is 202 g/mol. The zero-order chi connectivity index (χ0) is 12.0. The quantitative estimate of drug-likeness (QED) is 0.735. The Morgan fingerprint density at radius 3 is 2.20 bits per heavy atom. The molecule has 0 aliphatic rings. The van der Waals surface area contributed by atoms with Crippen LogP contribution in [-0.4, -0.2) is 43.9 Å². The van der Waals surface area contributed by atoms with E-state index in [9.17, 15) is 13.6 Å². The molecule has 90 valence electrons. The number of carbonyl (C=O) groups excluding carboxylic acids is 1. The van der Waals surface area contributed by atoms with Gasteiger partial charge in [0.15, 0.2) is 0 Å². The minimum absolute atomic E-state index is 0.207. The van der Waals surface area contributed by atoms with Gasteiger partial charge in [0.2, 0.25) is 0 Å². The van der Waals surface area contributed by atoms with Crippen LogP contribution in [0.4, 0.5) is 8.78 Å². The monoisotopic (exact) mass is 222 g/mol. The Labute approximate surface area is 89.8 Å². The molecule has 0 saturated carbocycles. The van der Waals surface area contributed by atoms with E-state index in [1.165, 1.54) is 0 Å².